The van der Waals surface area contributed by atoms with E-state index in [1.165, 1.54) is 19.2 Å². The summed E-state index contributed by atoms with van der Waals surface area (Å²) in [5, 5.41) is 24.0. The van der Waals surface area contributed by atoms with Gasteiger partial charge in [-0.15, -0.1) is 0 Å². The standard InChI is InChI=1S/C22H18F5N3O2/c1-3-11-8-21(32,22(25,26)27)20(13-4-5-15(24)19(31)18(11)13)30-17-7-12(23)6-16-14(17)9-28-10(2)29-16/h3-7,9,20,30-32H,8H2,1-2H3/t20-,21+/m1/s1. The number of fused-ring (bicyclic) bond motifs is 2. The number of anilines is 1. The van der Waals surface area contributed by atoms with Gasteiger partial charge in [0.25, 0.3) is 0 Å². The summed E-state index contributed by atoms with van der Waals surface area (Å²) in [6.07, 6.45) is -3.46. The van der Waals surface area contributed by atoms with E-state index in [-0.39, 0.29) is 33.3 Å². The Labute approximate surface area is 179 Å². The summed E-state index contributed by atoms with van der Waals surface area (Å²) < 4.78 is 70.8. The van der Waals surface area contributed by atoms with Crippen LogP contribution in [0, 0.1) is 18.6 Å². The number of halogens is 5. The minimum absolute atomic E-state index is 0.0714. The van der Waals surface area contributed by atoms with Gasteiger partial charge in [-0.3, -0.25) is 0 Å². The average molecular weight is 451 g/mol. The molecule has 4 rings (SSSR count). The average Bonchev–Trinajstić information content (AvgIpc) is 2.70. The number of allylic oxidation sites excluding steroid dienone is 1. The summed E-state index contributed by atoms with van der Waals surface area (Å²) in [7, 11) is 0. The van der Waals surface area contributed by atoms with Gasteiger partial charge in [-0.05, 0) is 37.1 Å². The molecular weight excluding hydrogens is 433 g/mol. The Hall–Kier alpha value is -3.27. The molecule has 1 aliphatic rings. The molecule has 1 heterocycles. The van der Waals surface area contributed by atoms with E-state index in [9.17, 15) is 32.2 Å². The first-order chi connectivity index (χ1) is 15.0. The summed E-state index contributed by atoms with van der Waals surface area (Å²) in [5.41, 5.74) is -3.68. The Kier molecular flexibility index (Phi) is 5.08. The summed E-state index contributed by atoms with van der Waals surface area (Å²) in [4.78, 5) is 8.11. The highest BCUT2D eigenvalue weighted by molar-refractivity contribution is 5.91. The Morgan fingerprint density at radius 2 is 1.94 bits per heavy atom. The molecule has 0 amide bonds. The lowest BCUT2D eigenvalue weighted by molar-refractivity contribution is -0.265. The first-order valence-electron chi connectivity index (χ1n) is 9.61. The highest BCUT2D eigenvalue weighted by atomic mass is 19.4. The third kappa shape index (κ3) is 3.35. The smallest absolute Gasteiger partial charge is 0.419 e. The lowest BCUT2D eigenvalue weighted by Crippen LogP contribution is -2.54. The number of nitrogens with zero attached hydrogens (tertiary/aromatic N) is 2. The Balaban J connectivity index is 1.97. The molecule has 10 heteroatoms. The molecule has 0 fully saturated rings. The lowest BCUT2D eigenvalue weighted by atomic mass is 9.72. The van der Waals surface area contributed by atoms with Crippen molar-refractivity contribution < 1.29 is 32.2 Å². The van der Waals surface area contributed by atoms with Gasteiger partial charge in [0.1, 0.15) is 11.6 Å². The molecule has 5 nitrogen and oxygen atoms in total. The first-order valence-corrected chi connectivity index (χ1v) is 9.61. The van der Waals surface area contributed by atoms with Gasteiger partial charge in [0.05, 0.1) is 11.6 Å². The SMILES string of the molecule is CC=C1C[C@@](O)(C(F)(F)F)[C@H](Nc2cc(F)cc3nc(C)ncc23)c2ccc(F)c(O)c21. The van der Waals surface area contributed by atoms with Gasteiger partial charge in [0, 0.05) is 35.3 Å². The van der Waals surface area contributed by atoms with Crippen molar-refractivity contribution in [1.82, 2.24) is 9.97 Å². The molecule has 1 aliphatic carbocycles. The highest BCUT2D eigenvalue weighted by Gasteiger charge is 2.62. The molecule has 0 saturated carbocycles. The predicted molar refractivity (Wildman–Crippen MR) is 108 cm³/mol. The second kappa shape index (κ2) is 7.40. The second-order valence-corrected chi connectivity index (χ2v) is 7.65. The zero-order chi connectivity index (χ0) is 23.4. The maximum absolute atomic E-state index is 14.3. The van der Waals surface area contributed by atoms with E-state index in [1.54, 1.807) is 6.92 Å². The van der Waals surface area contributed by atoms with E-state index in [0.29, 0.717) is 5.82 Å². The van der Waals surface area contributed by atoms with E-state index < -0.39 is 41.6 Å². The van der Waals surface area contributed by atoms with Crippen LogP contribution in [0.1, 0.15) is 36.3 Å². The molecule has 3 aromatic rings. The Bertz CT molecular complexity index is 1250. The quantitative estimate of drug-likeness (QED) is 0.469. The van der Waals surface area contributed by atoms with E-state index in [4.69, 9.17) is 0 Å². The summed E-state index contributed by atoms with van der Waals surface area (Å²) in [6, 6.07) is 2.06. The molecule has 0 saturated heterocycles. The van der Waals surface area contributed by atoms with Crippen molar-refractivity contribution in [1.29, 1.82) is 0 Å². The predicted octanol–water partition coefficient (Wildman–Crippen LogP) is 5.18. The van der Waals surface area contributed by atoms with Crippen molar-refractivity contribution in [3.63, 3.8) is 0 Å². The van der Waals surface area contributed by atoms with Crippen molar-refractivity contribution in [2.45, 2.75) is 38.1 Å². The first kappa shape index (κ1) is 21.9. The highest BCUT2D eigenvalue weighted by Crippen LogP contribution is 2.54. The number of aromatic nitrogens is 2. The van der Waals surface area contributed by atoms with E-state index >= 15 is 0 Å². The number of aryl methyl sites for hydroxylation is 1. The molecule has 0 spiro atoms. The van der Waals surface area contributed by atoms with Gasteiger partial charge < -0.3 is 15.5 Å². The normalized spacial score (nSPS) is 22.2. The van der Waals surface area contributed by atoms with Gasteiger partial charge in [-0.2, -0.15) is 13.2 Å². The number of nitrogens with one attached hydrogen (secondary N) is 1. The Morgan fingerprint density at radius 3 is 2.59 bits per heavy atom. The van der Waals surface area contributed by atoms with Crippen LogP contribution in [-0.2, 0) is 0 Å². The van der Waals surface area contributed by atoms with E-state index in [0.717, 1.165) is 24.3 Å². The number of phenols is 1. The molecule has 2 atom stereocenters. The third-order valence-corrected chi connectivity index (χ3v) is 5.66. The number of benzene rings is 2. The van der Waals surface area contributed by atoms with Crippen LogP contribution in [0.4, 0.5) is 27.6 Å². The number of phenolic OH excluding ortho intramolecular Hbond substituents is 1. The lowest BCUT2D eigenvalue weighted by Gasteiger charge is -2.44. The topological polar surface area (TPSA) is 78.3 Å². The minimum Gasteiger partial charge on any atom is -0.504 e. The molecule has 32 heavy (non-hydrogen) atoms. The van der Waals surface area contributed by atoms with Crippen LogP contribution in [0.3, 0.4) is 0 Å². The Morgan fingerprint density at radius 1 is 1.22 bits per heavy atom. The molecule has 0 aliphatic heterocycles. The molecule has 0 radical (unpaired) electrons. The molecule has 0 bridgehead atoms. The van der Waals surface area contributed by atoms with Crippen LogP contribution in [0.25, 0.3) is 16.5 Å². The van der Waals surface area contributed by atoms with Gasteiger partial charge in [-0.25, -0.2) is 18.7 Å². The monoisotopic (exact) mass is 451 g/mol. The number of alkyl halides is 3. The number of rotatable bonds is 2. The van der Waals surface area contributed by atoms with Gasteiger partial charge in [0.15, 0.2) is 17.2 Å². The number of hydrogen-bond donors (Lipinski definition) is 3. The van der Waals surface area contributed by atoms with Crippen molar-refractivity contribution in [3.05, 3.63) is 65.1 Å². The van der Waals surface area contributed by atoms with Crippen LogP contribution in [0.2, 0.25) is 0 Å². The van der Waals surface area contributed by atoms with Crippen molar-refractivity contribution >= 4 is 22.2 Å². The van der Waals surface area contributed by atoms with Crippen LogP contribution in [0.15, 0.2) is 36.5 Å². The molecule has 2 aromatic carbocycles. The van der Waals surface area contributed by atoms with Crippen LogP contribution < -0.4 is 5.32 Å². The van der Waals surface area contributed by atoms with Crippen molar-refractivity contribution in [3.8, 4) is 5.75 Å². The largest absolute Gasteiger partial charge is 0.504 e. The number of hydrogen-bond acceptors (Lipinski definition) is 5. The van der Waals surface area contributed by atoms with Crippen LogP contribution in [0.5, 0.6) is 5.75 Å². The summed E-state index contributed by atoms with van der Waals surface area (Å²) >= 11 is 0. The molecule has 1 aromatic heterocycles. The zero-order valence-electron chi connectivity index (χ0n) is 16.9. The number of aromatic hydroxyl groups is 1. The van der Waals surface area contributed by atoms with E-state index in [2.05, 4.69) is 15.3 Å². The number of aliphatic hydroxyl groups is 1. The van der Waals surface area contributed by atoms with Gasteiger partial charge >= 0.3 is 6.18 Å². The fraction of sp³-hybridized carbons (Fsp3) is 0.273. The van der Waals surface area contributed by atoms with E-state index in [1.807, 2.05) is 0 Å². The summed E-state index contributed by atoms with van der Waals surface area (Å²) in [6.45, 7) is 3.00. The van der Waals surface area contributed by atoms with Crippen LogP contribution >= 0.6 is 0 Å². The second-order valence-electron chi connectivity index (χ2n) is 7.65. The fourth-order valence-corrected chi connectivity index (χ4v) is 4.07. The molecular formula is C22H18F5N3O2. The van der Waals surface area contributed by atoms with Gasteiger partial charge in [0.2, 0.25) is 0 Å². The minimum atomic E-state index is -5.11. The zero-order valence-corrected chi connectivity index (χ0v) is 16.9. The molecule has 0 unspecified atom stereocenters. The third-order valence-electron chi connectivity index (χ3n) is 5.66. The van der Waals surface area contributed by atoms with Crippen LogP contribution in [-0.4, -0.2) is 32.0 Å². The molecule has 168 valence electrons. The van der Waals surface area contributed by atoms with Crippen molar-refractivity contribution in [2.24, 2.45) is 0 Å². The maximum Gasteiger partial charge on any atom is 0.419 e. The van der Waals surface area contributed by atoms with Gasteiger partial charge in [-0.1, -0.05) is 12.1 Å². The summed E-state index contributed by atoms with van der Waals surface area (Å²) in [5.74, 6) is -2.27. The maximum atomic E-state index is 14.3. The van der Waals surface area contributed by atoms with Crippen molar-refractivity contribution in [2.75, 3.05) is 5.32 Å². The fourth-order valence-electron chi connectivity index (χ4n) is 4.07. The molecule has 3 N–H and O–H groups in total.